The van der Waals surface area contributed by atoms with E-state index in [0.29, 0.717) is 17.0 Å². The van der Waals surface area contributed by atoms with Gasteiger partial charge in [-0.05, 0) is 30.7 Å². The second kappa shape index (κ2) is 6.70. The molecule has 8 nitrogen and oxygen atoms in total. The number of nitrogens with one attached hydrogen (secondary N) is 2. The quantitative estimate of drug-likeness (QED) is 0.538. The van der Waals surface area contributed by atoms with Crippen LogP contribution in [0, 0.1) is 5.92 Å². The Kier molecular flexibility index (Phi) is 4.72. The van der Waals surface area contributed by atoms with Crippen LogP contribution in [0.5, 0.6) is 11.5 Å². The van der Waals surface area contributed by atoms with Gasteiger partial charge in [-0.1, -0.05) is 0 Å². The van der Waals surface area contributed by atoms with E-state index in [9.17, 15) is 14.7 Å². The molecule has 1 aromatic rings. The van der Waals surface area contributed by atoms with E-state index < -0.39 is 11.8 Å². The van der Waals surface area contributed by atoms with Gasteiger partial charge in [0.1, 0.15) is 0 Å². The lowest BCUT2D eigenvalue weighted by Gasteiger charge is -2.06. The third-order valence-electron chi connectivity index (χ3n) is 3.16. The maximum atomic E-state index is 11.7. The van der Waals surface area contributed by atoms with Crippen LogP contribution in [-0.2, 0) is 9.59 Å². The van der Waals surface area contributed by atoms with E-state index >= 15 is 0 Å². The van der Waals surface area contributed by atoms with Gasteiger partial charge in [0.25, 0.3) is 0 Å². The smallest absolute Gasteiger partial charge is 0.249 e. The van der Waals surface area contributed by atoms with Crippen molar-refractivity contribution in [2.24, 2.45) is 16.1 Å². The first kappa shape index (κ1) is 15.5. The maximum Gasteiger partial charge on any atom is 0.249 e. The van der Waals surface area contributed by atoms with Gasteiger partial charge in [0.05, 0.1) is 19.2 Å². The summed E-state index contributed by atoms with van der Waals surface area (Å²) in [5.41, 5.74) is 5.88. The van der Waals surface area contributed by atoms with E-state index in [1.807, 2.05) is 0 Å². The summed E-state index contributed by atoms with van der Waals surface area (Å²) in [7, 11) is 1.44. The molecule has 3 N–H and O–H groups in total. The Morgan fingerprint density at radius 3 is 3.00 bits per heavy atom. The van der Waals surface area contributed by atoms with Crippen LogP contribution in [0.25, 0.3) is 0 Å². The highest BCUT2D eigenvalue weighted by Crippen LogP contribution is 2.25. The number of aromatic hydroxyl groups is 1. The Labute approximate surface area is 126 Å². The number of amides is 2. The zero-order chi connectivity index (χ0) is 16.1. The number of carbonyl (C=O) groups excluding carboxylic acids is 2. The molecule has 0 fully saturated rings. The molecule has 0 bridgehead atoms. The van der Waals surface area contributed by atoms with E-state index in [1.165, 1.54) is 19.4 Å². The highest BCUT2D eigenvalue weighted by molar-refractivity contribution is 6.09. The molecule has 0 radical (unpaired) electrons. The fourth-order valence-electron chi connectivity index (χ4n) is 1.91. The first-order valence-corrected chi connectivity index (χ1v) is 6.54. The topological polar surface area (TPSA) is 112 Å². The second-order valence-electron chi connectivity index (χ2n) is 4.71. The lowest BCUT2D eigenvalue weighted by Crippen LogP contribution is -2.29. The fraction of sp³-hybridized carbons (Fsp3) is 0.286. The van der Waals surface area contributed by atoms with Gasteiger partial charge in [0, 0.05) is 12.1 Å². The Balaban J connectivity index is 1.91. The number of phenolic OH excluding ortho intramolecular Hbond substituents is 1. The molecule has 2 amide bonds. The van der Waals surface area contributed by atoms with Crippen LogP contribution in [0.15, 0.2) is 28.4 Å². The van der Waals surface area contributed by atoms with Crippen LogP contribution in [0.4, 0.5) is 0 Å². The number of hydrazone groups is 2. The average Bonchev–Trinajstić information content (AvgIpc) is 2.81. The molecule has 1 heterocycles. The van der Waals surface area contributed by atoms with E-state index in [1.54, 1.807) is 19.1 Å². The standard InChI is InChI=1S/C14H16N4O4/c1-8-10(14(21)18-16-8)6-13(20)17-15-7-9-3-4-11(19)12(5-9)22-2/h3-5,7,10,19H,6H2,1-2H3,(H,17,20)(H,18,21)/b15-7-/t10-/m0/s1. The lowest BCUT2D eigenvalue weighted by molar-refractivity contribution is -0.127. The van der Waals surface area contributed by atoms with Crippen LogP contribution >= 0.6 is 0 Å². The molecule has 1 aliphatic heterocycles. The number of rotatable bonds is 5. The summed E-state index contributed by atoms with van der Waals surface area (Å²) in [6.45, 7) is 1.68. The van der Waals surface area contributed by atoms with E-state index in [-0.39, 0.29) is 18.1 Å². The molecule has 0 unspecified atom stereocenters. The van der Waals surface area contributed by atoms with Gasteiger partial charge in [-0.25, -0.2) is 10.9 Å². The molecule has 8 heteroatoms. The minimum atomic E-state index is -0.552. The van der Waals surface area contributed by atoms with Crippen LogP contribution in [0.1, 0.15) is 18.9 Å². The first-order chi connectivity index (χ1) is 10.5. The van der Waals surface area contributed by atoms with Crippen molar-refractivity contribution < 1.29 is 19.4 Å². The highest BCUT2D eigenvalue weighted by atomic mass is 16.5. The van der Waals surface area contributed by atoms with Crippen molar-refractivity contribution in [1.29, 1.82) is 0 Å². The summed E-state index contributed by atoms with van der Waals surface area (Å²) in [5, 5.41) is 17.0. The highest BCUT2D eigenvalue weighted by Gasteiger charge is 2.28. The fourth-order valence-corrected chi connectivity index (χ4v) is 1.91. The summed E-state index contributed by atoms with van der Waals surface area (Å²) >= 11 is 0. The van der Waals surface area contributed by atoms with Crippen LogP contribution < -0.4 is 15.6 Å². The average molecular weight is 304 g/mol. The van der Waals surface area contributed by atoms with Crippen molar-refractivity contribution >= 4 is 23.7 Å². The first-order valence-electron chi connectivity index (χ1n) is 6.54. The molecular formula is C14H16N4O4. The van der Waals surface area contributed by atoms with Gasteiger partial charge in [-0.2, -0.15) is 10.2 Å². The van der Waals surface area contributed by atoms with Crippen LogP contribution in [-0.4, -0.2) is 36.0 Å². The number of methoxy groups -OCH3 is 1. The summed E-state index contributed by atoms with van der Waals surface area (Å²) in [6.07, 6.45) is 1.40. The monoisotopic (exact) mass is 304 g/mol. The molecule has 1 aromatic carbocycles. The predicted molar refractivity (Wildman–Crippen MR) is 79.8 cm³/mol. The molecule has 0 saturated heterocycles. The lowest BCUT2D eigenvalue weighted by atomic mass is 10.0. The summed E-state index contributed by atoms with van der Waals surface area (Å²) in [5.74, 6) is -0.905. The number of hydrogen-bond acceptors (Lipinski definition) is 6. The second-order valence-corrected chi connectivity index (χ2v) is 4.71. The summed E-state index contributed by atoms with van der Waals surface area (Å²) in [6, 6.07) is 4.66. The molecule has 1 atom stereocenters. The minimum absolute atomic E-state index is 0.0165. The molecule has 116 valence electrons. The van der Waals surface area contributed by atoms with E-state index in [4.69, 9.17) is 4.74 Å². The molecule has 0 saturated carbocycles. The third-order valence-corrected chi connectivity index (χ3v) is 3.16. The Bertz CT molecular complexity index is 654. The van der Waals surface area contributed by atoms with Crippen molar-refractivity contribution in [2.75, 3.05) is 7.11 Å². The maximum absolute atomic E-state index is 11.7. The number of hydrogen-bond donors (Lipinski definition) is 3. The Morgan fingerprint density at radius 1 is 1.59 bits per heavy atom. The Hall–Kier alpha value is -2.90. The zero-order valence-electron chi connectivity index (χ0n) is 12.2. The summed E-state index contributed by atoms with van der Waals surface area (Å²) in [4.78, 5) is 23.2. The van der Waals surface area contributed by atoms with Crippen LogP contribution in [0.2, 0.25) is 0 Å². The molecular weight excluding hydrogens is 288 g/mol. The zero-order valence-corrected chi connectivity index (χ0v) is 12.2. The SMILES string of the molecule is COc1cc(/C=N\NC(=O)C[C@@H]2C(=O)NN=C2C)ccc1O. The minimum Gasteiger partial charge on any atom is -0.504 e. The van der Waals surface area contributed by atoms with E-state index in [0.717, 1.165) is 0 Å². The molecule has 0 aromatic heterocycles. The van der Waals surface area contributed by atoms with Gasteiger partial charge in [0.15, 0.2) is 11.5 Å². The van der Waals surface area contributed by atoms with Crippen molar-refractivity contribution in [2.45, 2.75) is 13.3 Å². The number of benzene rings is 1. The molecule has 22 heavy (non-hydrogen) atoms. The van der Waals surface area contributed by atoms with Gasteiger partial charge < -0.3 is 9.84 Å². The van der Waals surface area contributed by atoms with Gasteiger partial charge in [-0.15, -0.1) is 0 Å². The van der Waals surface area contributed by atoms with Gasteiger partial charge >= 0.3 is 0 Å². The molecule has 0 spiro atoms. The number of carbonyl (C=O) groups is 2. The van der Waals surface area contributed by atoms with Crippen molar-refractivity contribution in [3.05, 3.63) is 23.8 Å². The normalized spacial score (nSPS) is 17.3. The van der Waals surface area contributed by atoms with Gasteiger partial charge in [0.2, 0.25) is 11.8 Å². The predicted octanol–water partition coefficient (Wildman–Crippen LogP) is 0.363. The summed E-state index contributed by atoms with van der Waals surface area (Å²) < 4.78 is 4.97. The Morgan fingerprint density at radius 2 is 2.36 bits per heavy atom. The number of phenols is 1. The van der Waals surface area contributed by atoms with E-state index in [2.05, 4.69) is 21.1 Å². The van der Waals surface area contributed by atoms with Crippen molar-refractivity contribution in [3.8, 4) is 11.5 Å². The van der Waals surface area contributed by atoms with Crippen molar-refractivity contribution in [1.82, 2.24) is 10.9 Å². The molecule has 0 aliphatic carbocycles. The van der Waals surface area contributed by atoms with Crippen molar-refractivity contribution in [3.63, 3.8) is 0 Å². The molecule has 2 rings (SSSR count). The third kappa shape index (κ3) is 3.60. The largest absolute Gasteiger partial charge is 0.504 e. The van der Waals surface area contributed by atoms with Gasteiger partial charge in [-0.3, -0.25) is 9.59 Å². The number of nitrogens with zero attached hydrogens (tertiary/aromatic N) is 2. The van der Waals surface area contributed by atoms with Crippen LogP contribution in [0.3, 0.4) is 0 Å². The number of ether oxygens (including phenoxy) is 1. The molecule has 1 aliphatic rings.